The van der Waals surface area contributed by atoms with E-state index in [1.807, 2.05) is 53.7 Å². The van der Waals surface area contributed by atoms with Crippen LogP contribution in [0.15, 0.2) is 42.6 Å². The summed E-state index contributed by atoms with van der Waals surface area (Å²) in [7, 11) is -0.413. The van der Waals surface area contributed by atoms with Crippen LogP contribution in [0.25, 0.3) is 22.0 Å². The van der Waals surface area contributed by atoms with E-state index in [2.05, 4.69) is 39.6 Å². The van der Waals surface area contributed by atoms with Gasteiger partial charge in [-0.05, 0) is 68.8 Å². The molecule has 0 saturated carbocycles. The minimum atomic E-state index is -1.45. The standard InChI is InChI=1S/C29H37BN4O5/c1-17(2)24(33-27(36)37)26(35)34-13-7-8-23(34)25-31-16-22(32-25)20-10-9-19-15-21(12-11-18(19)14-20)30-38-28(3,4)29(5,6)39-30/h9-12,14-17,23-24,33H,7-8,13H2,1-6H3,(H,31,32)(H,36,37)/p-1/t23-,24-/m0/s1. The Bertz CT molecular complexity index is 1390. The predicted octanol–water partition coefficient (Wildman–Crippen LogP) is 3.15. The van der Waals surface area contributed by atoms with Crippen molar-refractivity contribution in [1.82, 2.24) is 20.2 Å². The number of benzene rings is 2. The molecular formula is C29H36BN4O5-. The quantitative estimate of drug-likeness (QED) is 0.472. The topological polar surface area (TPSA) is 120 Å². The molecule has 0 unspecified atom stereocenters. The van der Waals surface area contributed by atoms with Crippen LogP contribution in [-0.2, 0) is 14.1 Å². The van der Waals surface area contributed by atoms with Gasteiger partial charge in [0.15, 0.2) is 0 Å². The second kappa shape index (κ2) is 9.99. The number of likely N-dealkylation sites (tertiary alicyclic amines) is 1. The molecule has 9 nitrogen and oxygen atoms in total. The number of H-pyrrole nitrogens is 1. The van der Waals surface area contributed by atoms with E-state index < -0.39 is 30.5 Å². The van der Waals surface area contributed by atoms with E-state index in [0.717, 1.165) is 40.3 Å². The molecule has 2 aliphatic heterocycles. The number of nitrogens with one attached hydrogen (secondary N) is 2. The Morgan fingerprint density at radius 3 is 2.44 bits per heavy atom. The summed E-state index contributed by atoms with van der Waals surface area (Å²) in [4.78, 5) is 34.1. The maximum Gasteiger partial charge on any atom is 0.494 e. The Kier molecular flexibility index (Phi) is 6.97. The highest BCUT2D eigenvalue weighted by Crippen LogP contribution is 2.37. The van der Waals surface area contributed by atoms with Crippen LogP contribution in [0.2, 0.25) is 0 Å². The third kappa shape index (κ3) is 5.15. The van der Waals surface area contributed by atoms with Crippen LogP contribution in [0.4, 0.5) is 4.79 Å². The zero-order valence-electron chi connectivity index (χ0n) is 23.4. The molecule has 3 aromatic rings. The molecule has 206 valence electrons. The normalized spacial score (nSPS) is 21.1. The van der Waals surface area contributed by atoms with Crippen LogP contribution in [-0.4, -0.2) is 57.8 Å². The molecule has 1 aromatic heterocycles. The number of aromatic amines is 1. The number of rotatable bonds is 6. The molecule has 39 heavy (non-hydrogen) atoms. The van der Waals surface area contributed by atoms with Gasteiger partial charge in [0.2, 0.25) is 5.91 Å². The third-order valence-electron chi connectivity index (χ3n) is 8.35. The number of imidazole rings is 1. The maximum absolute atomic E-state index is 13.2. The van der Waals surface area contributed by atoms with Gasteiger partial charge in [0.05, 0.1) is 29.1 Å². The molecule has 5 rings (SSSR count). The molecule has 2 fully saturated rings. The first kappa shape index (κ1) is 27.2. The van der Waals surface area contributed by atoms with Gasteiger partial charge in [0.1, 0.15) is 18.0 Å². The Morgan fingerprint density at radius 1 is 1.10 bits per heavy atom. The van der Waals surface area contributed by atoms with Crippen LogP contribution < -0.4 is 15.9 Å². The highest BCUT2D eigenvalue weighted by molar-refractivity contribution is 6.62. The van der Waals surface area contributed by atoms with Gasteiger partial charge < -0.3 is 34.4 Å². The van der Waals surface area contributed by atoms with Crippen LogP contribution in [0, 0.1) is 5.92 Å². The second-order valence-electron chi connectivity index (χ2n) is 11.9. The molecule has 2 aromatic carbocycles. The fraction of sp³-hybridized carbons (Fsp3) is 0.483. The van der Waals surface area contributed by atoms with Crippen LogP contribution in [0.3, 0.4) is 0 Å². The molecule has 0 radical (unpaired) electrons. The van der Waals surface area contributed by atoms with Gasteiger partial charge >= 0.3 is 7.12 Å². The van der Waals surface area contributed by atoms with E-state index in [4.69, 9.17) is 9.31 Å². The monoisotopic (exact) mass is 531 g/mol. The third-order valence-corrected chi connectivity index (χ3v) is 8.35. The van der Waals surface area contributed by atoms with Gasteiger partial charge in [-0.2, -0.15) is 0 Å². The second-order valence-corrected chi connectivity index (χ2v) is 11.9. The Morgan fingerprint density at radius 2 is 1.77 bits per heavy atom. The first-order chi connectivity index (χ1) is 18.4. The Labute approximate surface area is 229 Å². The van der Waals surface area contributed by atoms with E-state index in [-0.39, 0.29) is 17.9 Å². The number of carbonyl (C=O) groups is 2. The molecule has 2 N–H and O–H groups in total. The first-order valence-electron chi connectivity index (χ1n) is 13.6. The van der Waals surface area contributed by atoms with Crippen molar-refractivity contribution >= 4 is 35.4 Å². The lowest BCUT2D eigenvalue weighted by Gasteiger charge is -2.32. The van der Waals surface area contributed by atoms with Crippen molar-refractivity contribution in [3.63, 3.8) is 0 Å². The van der Waals surface area contributed by atoms with Crippen molar-refractivity contribution in [2.75, 3.05) is 6.54 Å². The number of carbonyl (C=O) groups excluding carboxylic acids is 2. The van der Waals surface area contributed by atoms with Crippen molar-refractivity contribution in [3.05, 3.63) is 48.4 Å². The van der Waals surface area contributed by atoms with Crippen LogP contribution in [0.5, 0.6) is 0 Å². The molecule has 10 heteroatoms. The number of hydrogen-bond donors (Lipinski definition) is 2. The zero-order valence-corrected chi connectivity index (χ0v) is 23.4. The number of nitrogens with zero attached hydrogens (tertiary/aromatic N) is 2. The fourth-order valence-electron chi connectivity index (χ4n) is 5.34. The van der Waals surface area contributed by atoms with Gasteiger partial charge in [-0.3, -0.25) is 4.79 Å². The van der Waals surface area contributed by atoms with Gasteiger partial charge in [-0.15, -0.1) is 0 Å². The summed E-state index contributed by atoms with van der Waals surface area (Å²) in [5.41, 5.74) is 2.03. The van der Waals surface area contributed by atoms with Gasteiger partial charge in [0.25, 0.3) is 0 Å². The van der Waals surface area contributed by atoms with E-state index in [9.17, 15) is 14.7 Å². The van der Waals surface area contributed by atoms with E-state index >= 15 is 0 Å². The molecule has 0 spiro atoms. The lowest BCUT2D eigenvalue weighted by atomic mass is 9.78. The summed E-state index contributed by atoms with van der Waals surface area (Å²) in [5, 5.41) is 15.6. The lowest BCUT2D eigenvalue weighted by molar-refractivity contribution is -0.252. The average Bonchev–Trinajstić information content (AvgIpc) is 3.59. The predicted molar refractivity (Wildman–Crippen MR) is 148 cm³/mol. The van der Waals surface area contributed by atoms with Crippen molar-refractivity contribution in [1.29, 1.82) is 0 Å². The fourth-order valence-corrected chi connectivity index (χ4v) is 5.34. The Hall–Kier alpha value is -3.37. The molecule has 2 saturated heterocycles. The van der Waals surface area contributed by atoms with E-state index in [0.29, 0.717) is 12.4 Å². The summed E-state index contributed by atoms with van der Waals surface area (Å²) < 4.78 is 12.4. The minimum Gasteiger partial charge on any atom is -0.530 e. The smallest absolute Gasteiger partial charge is 0.494 e. The van der Waals surface area contributed by atoms with Gasteiger partial charge in [-0.25, -0.2) is 4.98 Å². The lowest BCUT2D eigenvalue weighted by Crippen LogP contribution is -2.54. The maximum atomic E-state index is 13.2. The highest BCUT2D eigenvalue weighted by Gasteiger charge is 2.51. The molecule has 0 aliphatic carbocycles. The molecular weight excluding hydrogens is 495 g/mol. The van der Waals surface area contributed by atoms with Crippen molar-refractivity contribution in [3.8, 4) is 11.3 Å². The number of amides is 2. The Balaban J connectivity index is 1.35. The van der Waals surface area contributed by atoms with Crippen LogP contribution >= 0.6 is 0 Å². The summed E-state index contributed by atoms with van der Waals surface area (Å²) in [6.45, 7) is 12.4. The molecule has 2 aliphatic rings. The van der Waals surface area contributed by atoms with Crippen molar-refractivity contribution < 1.29 is 24.0 Å². The summed E-state index contributed by atoms with van der Waals surface area (Å²) in [5.74, 6) is 0.243. The largest absolute Gasteiger partial charge is 0.530 e. The number of aromatic nitrogens is 2. The first-order valence-corrected chi connectivity index (χ1v) is 13.6. The summed E-state index contributed by atoms with van der Waals surface area (Å²) >= 11 is 0. The molecule has 3 heterocycles. The average molecular weight is 531 g/mol. The number of carboxylic acid groups (broad SMARTS) is 1. The zero-order chi connectivity index (χ0) is 28.1. The molecule has 2 amide bonds. The minimum absolute atomic E-state index is 0.202. The number of fused-ring (bicyclic) bond motifs is 1. The van der Waals surface area contributed by atoms with Crippen LogP contribution in [0.1, 0.15) is 66.3 Å². The molecule has 2 atom stereocenters. The van der Waals surface area contributed by atoms with E-state index in [1.54, 1.807) is 11.1 Å². The van der Waals surface area contributed by atoms with Crippen molar-refractivity contribution in [2.24, 2.45) is 5.92 Å². The number of hydrogen-bond acceptors (Lipinski definition) is 6. The van der Waals surface area contributed by atoms with Crippen molar-refractivity contribution in [2.45, 2.75) is 77.7 Å². The summed E-state index contributed by atoms with van der Waals surface area (Å²) in [6.07, 6.45) is 1.92. The van der Waals surface area contributed by atoms with Gasteiger partial charge in [-0.1, -0.05) is 44.2 Å². The highest BCUT2D eigenvalue weighted by atomic mass is 16.7. The van der Waals surface area contributed by atoms with E-state index in [1.165, 1.54) is 0 Å². The SMILES string of the molecule is CC(C)[C@H](NC(=O)[O-])C(=O)N1CCC[C@H]1c1ncc(-c2ccc3cc(B4OC(C)(C)C(C)(C)O4)ccc3c2)[nH]1. The molecule has 0 bridgehead atoms. The summed E-state index contributed by atoms with van der Waals surface area (Å²) in [6, 6.07) is 11.4. The van der Waals surface area contributed by atoms with Gasteiger partial charge in [0, 0.05) is 12.1 Å².